The lowest BCUT2D eigenvalue weighted by Gasteiger charge is -2.16. The molecule has 114 valence electrons. The van der Waals surface area contributed by atoms with E-state index in [1.54, 1.807) is 0 Å². The van der Waals surface area contributed by atoms with Gasteiger partial charge in [-0.25, -0.2) is 4.98 Å². The van der Waals surface area contributed by atoms with Crippen LogP contribution in [0.1, 0.15) is 26.2 Å². The Balaban J connectivity index is 1.72. The Morgan fingerprint density at radius 1 is 1.48 bits per heavy atom. The molecule has 1 saturated heterocycles. The van der Waals surface area contributed by atoms with Crippen molar-refractivity contribution in [3.05, 3.63) is 16.3 Å². The molecule has 1 unspecified atom stereocenters. The van der Waals surface area contributed by atoms with E-state index in [2.05, 4.69) is 25.5 Å². The zero-order valence-corrected chi connectivity index (χ0v) is 12.1. The molecule has 0 amide bonds. The third kappa shape index (κ3) is 3.21. The van der Waals surface area contributed by atoms with Crippen LogP contribution in [-0.2, 0) is 0 Å². The van der Waals surface area contributed by atoms with Gasteiger partial charge in [-0.15, -0.1) is 0 Å². The second kappa shape index (κ2) is 5.80. The van der Waals surface area contributed by atoms with Crippen LogP contribution in [0.3, 0.4) is 0 Å². The van der Waals surface area contributed by atoms with Gasteiger partial charge in [0.15, 0.2) is 0 Å². The summed E-state index contributed by atoms with van der Waals surface area (Å²) in [6, 6.07) is 0.947. The first-order chi connectivity index (χ1) is 10.2. The van der Waals surface area contributed by atoms with Crippen LogP contribution in [0.15, 0.2) is 6.20 Å². The molecule has 0 spiro atoms. The van der Waals surface area contributed by atoms with Crippen molar-refractivity contribution in [1.82, 2.24) is 14.9 Å². The molecule has 1 atom stereocenters. The zero-order chi connectivity index (χ0) is 14.8. The van der Waals surface area contributed by atoms with Crippen molar-refractivity contribution in [2.24, 2.45) is 0 Å². The topological polar surface area (TPSA) is 96.2 Å². The minimum Gasteiger partial charge on any atom is -0.360 e. The van der Waals surface area contributed by atoms with Crippen molar-refractivity contribution in [2.45, 2.75) is 38.3 Å². The number of anilines is 2. The highest BCUT2D eigenvalue weighted by Gasteiger charge is 2.35. The van der Waals surface area contributed by atoms with Gasteiger partial charge >= 0.3 is 5.69 Å². The van der Waals surface area contributed by atoms with E-state index in [4.69, 9.17) is 0 Å². The summed E-state index contributed by atoms with van der Waals surface area (Å²) >= 11 is 0. The molecule has 21 heavy (non-hydrogen) atoms. The fourth-order valence-corrected chi connectivity index (χ4v) is 2.73. The third-order valence-corrected chi connectivity index (χ3v) is 3.92. The molecule has 0 aromatic carbocycles. The van der Waals surface area contributed by atoms with Crippen molar-refractivity contribution in [3.63, 3.8) is 0 Å². The molecule has 2 aliphatic rings. The van der Waals surface area contributed by atoms with Gasteiger partial charge in [0, 0.05) is 31.7 Å². The zero-order valence-electron chi connectivity index (χ0n) is 12.1. The lowest BCUT2D eigenvalue weighted by atomic mass is 10.2. The van der Waals surface area contributed by atoms with Crippen molar-refractivity contribution in [2.75, 3.05) is 30.3 Å². The number of hydrogen-bond donors (Lipinski definition) is 2. The average molecular weight is 292 g/mol. The Bertz CT molecular complexity index is 533. The lowest BCUT2D eigenvalue weighted by Crippen LogP contribution is -2.28. The van der Waals surface area contributed by atoms with Crippen molar-refractivity contribution in [1.29, 1.82) is 0 Å². The van der Waals surface area contributed by atoms with Gasteiger partial charge in [-0.3, -0.25) is 15.0 Å². The fourth-order valence-electron chi connectivity index (χ4n) is 2.73. The second-order valence-electron chi connectivity index (χ2n) is 5.57. The van der Waals surface area contributed by atoms with Gasteiger partial charge in [-0.05, 0) is 26.2 Å². The SMILES string of the molecule is CCNc1ncc([N+](=O)[O-])c(NC2CCN(C3CC3)C2)n1. The number of hydrogen-bond acceptors (Lipinski definition) is 7. The summed E-state index contributed by atoms with van der Waals surface area (Å²) in [5, 5.41) is 17.3. The standard InChI is InChI=1S/C13H20N6O2/c1-2-14-13-15-7-11(19(20)21)12(17-13)16-9-5-6-18(8-9)10-3-4-10/h7,9-10H,2-6,8H2,1H3,(H2,14,15,16,17). The van der Waals surface area contributed by atoms with E-state index in [9.17, 15) is 10.1 Å². The quantitative estimate of drug-likeness (QED) is 0.605. The molecule has 3 rings (SSSR count). The van der Waals surface area contributed by atoms with Gasteiger partial charge in [0.05, 0.1) is 4.92 Å². The Hall–Kier alpha value is -1.96. The van der Waals surface area contributed by atoms with Gasteiger partial charge in [-0.2, -0.15) is 4.98 Å². The first kappa shape index (κ1) is 14.0. The van der Waals surface area contributed by atoms with Crippen molar-refractivity contribution >= 4 is 17.5 Å². The van der Waals surface area contributed by atoms with Gasteiger partial charge in [0.2, 0.25) is 11.8 Å². The summed E-state index contributed by atoms with van der Waals surface area (Å²) < 4.78 is 0. The maximum Gasteiger partial charge on any atom is 0.329 e. The van der Waals surface area contributed by atoms with Crippen LogP contribution in [0.4, 0.5) is 17.5 Å². The van der Waals surface area contributed by atoms with Crippen molar-refractivity contribution in [3.8, 4) is 0 Å². The largest absolute Gasteiger partial charge is 0.360 e. The van der Waals surface area contributed by atoms with Crippen molar-refractivity contribution < 1.29 is 4.92 Å². The fraction of sp³-hybridized carbons (Fsp3) is 0.692. The van der Waals surface area contributed by atoms with Crippen LogP contribution in [0.2, 0.25) is 0 Å². The molecule has 8 nitrogen and oxygen atoms in total. The number of rotatable bonds is 6. The summed E-state index contributed by atoms with van der Waals surface area (Å²) in [7, 11) is 0. The van der Waals surface area contributed by atoms with Gasteiger partial charge in [-0.1, -0.05) is 0 Å². The van der Waals surface area contributed by atoms with E-state index in [1.807, 2.05) is 6.92 Å². The molecular weight excluding hydrogens is 272 g/mol. The number of nitrogens with zero attached hydrogens (tertiary/aromatic N) is 4. The van der Waals surface area contributed by atoms with Crippen LogP contribution in [0.5, 0.6) is 0 Å². The van der Waals surface area contributed by atoms with E-state index in [0.29, 0.717) is 18.3 Å². The van der Waals surface area contributed by atoms with Gasteiger partial charge in [0.1, 0.15) is 6.20 Å². The maximum atomic E-state index is 11.1. The first-order valence-corrected chi connectivity index (χ1v) is 7.43. The number of likely N-dealkylation sites (tertiary alicyclic amines) is 1. The van der Waals surface area contributed by atoms with Crippen LogP contribution in [0, 0.1) is 10.1 Å². The smallest absolute Gasteiger partial charge is 0.329 e. The predicted molar refractivity (Wildman–Crippen MR) is 79.5 cm³/mol. The number of nitrogens with one attached hydrogen (secondary N) is 2. The van der Waals surface area contributed by atoms with Crippen LogP contribution in [0.25, 0.3) is 0 Å². The molecular formula is C13H20N6O2. The monoisotopic (exact) mass is 292 g/mol. The van der Waals surface area contributed by atoms with E-state index in [1.165, 1.54) is 19.0 Å². The lowest BCUT2D eigenvalue weighted by molar-refractivity contribution is -0.384. The van der Waals surface area contributed by atoms with E-state index in [0.717, 1.165) is 25.6 Å². The molecule has 1 aliphatic heterocycles. The Morgan fingerprint density at radius 2 is 2.29 bits per heavy atom. The summed E-state index contributed by atoms with van der Waals surface area (Å²) in [6.45, 7) is 4.60. The van der Waals surface area contributed by atoms with Gasteiger partial charge < -0.3 is 10.6 Å². The molecule has 2 fully saturated rings. The summed E-state index contributed by atoms with van der Waals surface area (Å²) in [5.41, 5.74) is -0.0680. The van der Waals surface area contributed by atoms with Gasteiger partial charge in [0.25, 0.3) is 0 Å². The molecule has 0 radical (unpaired) electrons. The molecule has 2 heterocycles. The van der Waals surface area contributed by atoms with E-state index >= 15 is 0 Å². The normalized spacial score (nSPS) is 22.2. The summed E-state index contributed by atoms with van der Waals surface area (Å²) in [6.07, 6.45) is 4.82. The molecule has 2 N–H and O–H groups in total. The Morgan fingerprint density at radius 3 is 2.95 bits per heavy atom. The molecule has 1 saturated carbocycles. The van der Waals surface area contributed by atoms with E-state index < -0.39 is 4.92 Å². The molecule has 0 bridgehead atoms. The van der Waals surface area contributed by atoms with Crippen LogP contribution < -0.4 is 10.6 Å². The molecule has 1 aromatic rings. The highest BCUT2D eigenvalue weighted by molar-refractivity contribution is 5.57. The highest BCUT2D eigenvalue weighted by Crippen LogP contribution is 2.31. The molecule has 1 aromatic heterocycles. The third-order valence-electron chi connectivity index (χ3n) is 3.92. The average Bonchev–Trinajstić information content (AvgIpc) is 3.20. The highest BCUT2D eigenvalue weighted by atomic mass is 16.6. The number of nitro groups is 1. The first-order valence-electron chi connectivity index (χ1n) is 7.43. The minimum absolute atomic E-state index is 0.0680. The molecule has 8 heteroatoms. The predicted octanol–water partition coefficient (Wildman–Crippen LogP) is 1.47. The second-order valence-corrected chi connectivity index (χ2v) is 5.57. The van der Waals surface area contributed by atoms with E-state index in [-0.39, 0.29) is 11.7 Å². The summed E-state index contributed by atoms with van der Waals surface area (Å²) in [4.78, 5) is 21.3. The molecule has 1 aliphatic carbocycles. The maximum absolute atomic E-state index is 11.1. The Kier molecular flexibility index (Phi) is 3.87. The Labute approximate surface area is 123 Å². The number of aromatic nitrogens is 2. The van der Waals surface area contributed by atoms with Crippen LogP contribution >= 0.6 is 0 Å². The van der Waals surface area contributed by atoms with Crippen LogP contribution in [-0.4, -0.2) is 51.5 Å². The minimum atomic E-state index is -0.439. The summed E-state index contributed by atoms with van der Waals surface area (Å²) in [5.74, 6) is 0.733.